The Bertz CT molecular complexity index is 1110. The van der Waals surface area contributed by atoms with Crippen LogP contribution >= 0.6 is 0 Å². The summed E-state index contributed by atoms with van der Waals surface area (Å²) in [4.78, 5) is 24.8. The molecular weight excluding hydrogens is 450 g/mol. The smallest absolute Gasteiger partial charge is 0.343 e. The zero-order chi connectivity index (χ0) is 24.5. The Morgan fingerprint density at radius 3 is 2.09 bits per heavy atom. The molecule has 3 atom stereocenters. The van der Waals surface area contributed by atoms with Crippen molar-refractivity contribution < 1.29 is 23.3 Å². The summed E-state index contributed by atoms with van der Waals surface area (Å²) in [5.41, 5.74) is 1.95. The van der Waals surface area contributed by atoms with Crippen LogP contribution in [-0.4, -0.2) is 41.9 Å². The first-order valence-electron chi connectivity index (χ1n) is 11.0. The van der Waals surface area contributed by atoms with E-state index in [1.165, 1.54) is 0 Å². The second kappa shape index (κ2) is 12.3. The Balaban J connectivity index is 1.52. The first-order valence-corrected chi connectivity index (χ1v) is 12.6. The van der Waals surface area contributed by atoms with E-state index in [2.05, 4.69) is 5.32 Å². The van der Waals surface area contributed by atoms with Gasteiger partial charge in [-0.3, -0.25) is 9.00 Å². The fraction of sp³-hybridized carbons (Fsp3) is 0.259. The minimum Gasteiger partial charge on any atom is -0.497 e. The Morgan fingerprint density at radius 2 is 1.50 bits per heavy atom. The van der Waals surface area contributed by atoms with Gasteiger partial charge in [0.15, 0.2) is 5.78 Å². The van der Waals surface area contributed by atoms with Gasteiger partial charge in [0.2, 0.25) is 0 Å². The van der Waals surface area contributed by atoms with E-state index in [0.717, 1.165) is 11.3 Å². The average molecular weight is 480 g/mol. The van der Waals surface area contributed by atoms with E-state index in [4.69, 9.17) is 9.47 Å². The summed E-state index contributed by atoms with van der Waals surface area (Å²) in [5.74, 6) is 0.600. The SMILES string of the molecule is COc1ccc(C(CC(C)NCC(=O)c2ccc(OC(=O)c3ccccc3)cc2)S(C)=O)cc1. The standard InChI is InChI=1S/C27H29NO5S/c1-19(17-26(34(3)31)21-11-13-23(32-2)14-12-21)28-18-25(29)20-9-15-24(16-10-20)33-27(30)22-7-5-4-6-8-22/h4-16,19,26,28H,17-18H2,1-3H3. The maximum absolute atomic E-state index is 12.6. The molecule has 0 heterocycles. The number of Topliss-reactive ketones (excluding diaryl/α,β-unsaturated/α-hetero) is 1. The summed E-state index contributed by atoms with van der Waals surface area (Å²) in [6, 6.07) is 22.8. The lowest BCUT2D eigenvalue weighted by Gasteiger charge is -2.21. The largest absolute Gasteiger partial charge is 0.497 e. The number of hydrogen-bond donors (Lipinski definition) is 1. The highest BCUT2D eigenvalue weighted by atomic mass is 32.2. The van der Waals surface area contributed by atoms with Crippen molar-refractivity contribution in [3.63, 3.8) is 0 Å². The highest BCUT2D eigenvalue weighted by molar-refractivity contribution is 7.84. The Kier molecular flexibility index (Phi) is 9.13. The summed E-state index contributed by atoms with van der Waals surface area (Å²) in [5, 5.41) is 3.08. The molecule has 0 amide bonds. The summed E-state index contributed by atoms with van der Waals surface area (Å²) in [7, 11) is 0.547. The molecule has 7 heteroatoms. The number of hydrogen-bond acceptors (Lipinski definition) is 6. The highest BCUT2D eigenvalue weighted by Crippen LogP contribution is 2.26. The summed E-state index contributed by atoms with van der Waals surface area (Å²) in [6.45, 7) is 2.12. The lowest BCUT2D eigenvalue weighted by atomic mass is 10.0. The second-order valence-corrected chi connectivity index (χ2v) is 9.55. The molecule has 34 heavy (non-hydrogen) atoms. The van der Waals surface area contributed by atoms with Crippen molar-refractivity contribution in [2.75, 3.05) is 19.9 Å². The molecule has 0 saturated carbocycles. The molecule has 0 aliphatic carbocycles. The monoisotopic (exact) mass is 479 g/mol. The predicted molar refractivity (Wildman–Crippen MR) is 134 cm³/mol. The van der Waals surface area contributed by atoms with Crippen molar-refractivity contribution in [1.82, 2.24) is 5.32 Å². The lowest BCUT2D eigenvalue weighted by Crippen LogP contribution is -2.33. The summed E-state index contributed by atoms with van der Waals surface area (Å²) < 4.78 is 22.9. The molecule has 3 rings (SSSR count). The van der Waals surface area contributed by atoms with E-state index >= 15 is 0 Å². The van der Waals surface area contributed by atoms with Gasteiger partial charge in [-0.05, 0) is 67.4 Å². The molecular formula is C27H29NO5S. The van der Waals surface area contributed by atoms with Crippen LogP contribution < -0.4 is 14.8 Å². The highest BCUT2D eigenvalue weighted by Gasteiger charge is 2.20. The molecule has 0 fully saturated rings. The number of ketones is 1. The van der Waals surface area contributed by atoms with Gasteiger partial charge >= 0.3 is 5.97 Å². The van der Waals surface area contributed by atoms with E-state index in [9.17, 15) is 13.8 Å². The molecule has 0 bridgehead atoms. The van der Waals surface area contributed by atoms with Crippen LogP contribution in [0.4, 0.5) is 0 Å². The first kappa shape index (κ1) is 25.3. The van der Waals surface area contributed by atoms with Gasteiger partial charge in [0, 0.05) is 28.7 Å². The Hall–Kier alpha value is -3.29. The van der Waals surface area contributed by atoms with Crippen LogP contribution in [0, 0.1) is 0 Å². The summed E-state index contributed by atoms with van der Waals surface area (Å²) >= 11 is 0. The number of methoxy groups -OCH3 is 1. The van der Waals surface area contributed by atoms with Gasteiger partial charge in [0.25, 0.3) is 0 Å². The summed E-state index contributed by atoms with van der Waals surface area (Å²) in [6.07, 6.45) is 2.32. The third-order valence-corrected chi connectivity index (χ3v) is 6.73. The zero-order valence-electron chi connectivity index (χ0n) is 19.5. The van der Waals surface area contributed by atoms with Crippen LogP contribution in [0.15, 0.2) is 78.9 Å². The van der Waals surface area contributed by atoms with Crippen molar-refractivity contribution in [2.24, 2.45) is 0 Å². The van der Waals surface area contributed by atoms with Gasteiger partial charge < -0.3 is 14.8 Å². The number of benzene rings is 3. The maximum atomic E-state index is 12.6. The number of ether oxygens (including phenoxy) is 2. The molecule has 178 valence electrons. The molecule has 0 aromatic heterocycles. The van der Waals surface area contributed by atoms with E-state index in [-0.39, 0.29) is 23.6 Å². The van der Waals surface area contributed by atoms with E-state index < -0.39 is 16.8 Å². The number of carbonyl (C=O) groups is 2. The number of carbonyl (C=O) groups excluding carboxylic acids is 2. The van der Waals surface area contributed by atoms with Crippen molar-refractivity contribution in [2.45, 2.75) is 24.6 Å². The molecule has 3 unspecified atom stereocenters. The minimum atomic E-state index is -1.06. The Morgan fingerprint density at radius 1 is 0.882 bits per heavy atom. The molecule has 0 spiro atoms. The van der Waals surface area contributed by atoms with Crippen molar-refractivity contribution in [3.05, 3.63) is 95.6 Å². The van der Waals surface area contributed by atoms with E-state index in [0.29, 0.717) is 23.3 Å². The van der Waals surface area contributed by atoms with Crippen molar-refractivity contribution >= 4 is 22.6 Å². The molecule has 0 saturated heterocycles. The van der Waals surface area contributed by atoms with Gasteiger partial charge in [-0.2, -0.15) is 0 Å². The lowest BCUT2D eigenvalue weighted by molar-refractivity contribution is 0.0734. The van der Waals surface area contributed by atoms with Gasteiger partial charge in [-0.1, -0.05) is 30.3 Å². The molecule has 1 N–H and O–H groups in total. The zero-order valence-corrected chi connectivity index (χ0v) is 20.3. The fourth-order valence-electron chi connectivity index (χ4n) is 3.50. The minimum absolute atomic E-state index is 0.0222. The first-order chi connectivity index (χ1) is 16.4. The topological polar surface area (TPSA) is 81.7 Å². The van der Waals surface area contributed by atoms with Crippen molar-refractivity contribution in [1.29, 1.82) is 0 Å². The molecule has 6 nitrogen and oxygen atoms in total. The number of rotatable bonds is 11. The van der Waals surface area contributed by atoms with Crippen LogP contribution in [0.1, 0.15) is 44.9 Å². The predicted octanol–water partition coefficient (Wildman–Crippen LogP) is 4.59. The van der Waals surface area contributed by atoms with Crippen LogP contribution in [0.3, 0.4) is 0 Å². The van der Waals surface area contributed by atoms with Crippen LogP contribution in [-0.2, 0) is 10.8 Å². The molecule has 0 radical (unpaired) electrons. The van der Waals surface area contributed by atoms with Crippen LogP contribution in [0.5, 0.6) is 11.5 Å². The molecule has 0 aliphatic rings. The third kappa shape index (κ3) is 7.10. The van der Waals surface area contributed by atoms with Crippen LogP contribution in [0.25, 0.3) is 0 Å². The molecule has 3 aromatic rings. The van der Waals surface area contributed by atoms with Gasteiger partial charge in [0.05, 0.1) is 24.5 Å². The van der Waals surface area contributed by atoms with Gasteiger partial charge in [0.1, 0.15) is 11.5 Å². The second-order valence-electron chi connectivity index (χ2n) is 7.98. The normalized spacial score (nSPS) is 13.5. The third-order valence-electron chi connectivity index (χ3n) is 5.46. The van der Waals surface area contributed by atoms with E-state index in [1.54, 1.807) is 61.9 Å². The van der Waals surface area contributed by atoms with Gasteiger partial charge in [-0.25, -0.2) is 4.79 Å². The number of nitrogens with one attached hydrogen (secondary N) is 1. The molecule has 0 aliphatic heterocycles. The average Bonchev–Trinajstić information content (AvgIpc) is 2.86. The Labute approximate surface area is 202 Å². The van der Waals surface area contributed by atoms with Crippen LogP contribution in [0.2, 0.25) is 0 Å². The quantitative estimate of drug-likeness (QED) is 0.246. The number of esters is 1. The molecule has 3 aromatic carbocycles. The maximum Gasteiger partial charge on any atom is 0.343 e. The fourth-order valence-corrected chi connectivity index (χ4v) is 4.60. The van der Waals surface area contributed by atoms with Gasteiger partial charge in [-0.15, -0.1) is 0 Å². The van der Waals surface area contributed by atoms with E-state index in [1.807, 2.05) is 37.3 Å². The van der Waals surface area contributed by atoms with Crippen molar-refractivity contribution in [3.8, 4) is 11.5 Å².